The van der Waals surface area contributed by atoms with Gasteiger partial charge in [0.05, 0.1) is 18.1 Å². The molecule has 5 unspecified atom stereocenters. The first kappa shape index (κ1) is 14.3. The van der Waals surface area contributed by atoms with Crippen molar-refractivity contribution in [1.29, 1.82) is 0 Å². The Morgan fingerprint density at radius 2 is 2.09 bits per heavy atom. The van der Waals surface area contributed by atoms with E-state index in [0.29, 0.717) is 35.7 Å². The minimum Gasteiger partial charge on any atom is -0.426 e. The molecule has 0 amide bonds. The first-order chi connectivity index (χ1) is 10.7. The molecule has 0 aromatic heterocycles. The standard InChI is InChI=1S/C19H24O3/c1-3-11(4-2)12-6-5-7-14(8-12)21-19(20)16-10-13-9-15(16)18-17(13)22-18/h5-8,11,13,15-18H,3-4,9-10H2,1-2H3. The number of benzene rings is 1. The van der Waals surface area contributed by atoms with Gasteiger partial charge in [-0.05, 0) is 55.2 Å². The minimum absolute atomic E-state index is 0.0468. The molecule has 118 valence electrons. The van der Waals surface area contributed by atoms with E-state index in [1.807, 2.05) is 18.2 Å². The molecule has 3 heteroatoms. The van der Waals surface area contributed by atoms with Gasteiger partial charge in [-0.2, -0.15) is 0 Å². The van der Waals surface area contributed by atoms with E-state index < -0.39 is 0 Å². The van der Waals surface area contributed by atoms with Crippen LogP contribution in [-0.4, -0.2) is 18.2 Å². The van der Waals surface area contributed by atoms with E-state index in [0.717, 1.165) is 25.7 Å². The van der Waals surface area contributed by atoms with E-state index in [-0.39, 0.29) is 11.9 Å². The summed E-state index contributed by atoms with van der Waals surface area (Å²) in [6, 6.07) is 8.07. The largest absolute Gasteiger partial charge is 0.426 e. The number of rotatable bonds is 5. The molecular weight excluding hydrogens is 276 g/mol. The quantitative estimate of drug-likeness (QED) is 0.470. The van der Waals surface area contributed by atoms with Crippen LogP contribution >= 0.6 is 0 Å². The van der Waals surface area contributed by atoms with Gasteiger partial charge in [0.15, 0.2) is 0 Å². The average Bonchev–Trinajstić information content (AvgIpc) is 3.13. The van der Waals surface area contributed by atoms with Gasteiger partial charge in [0, 0.05) is 5.92 Å². The number of hydrogen-bond donors (Lipinski definition) is 0. The molecule has 0 radical (unpaired) electrons. The lowest BCUT2D eigenvalue weighted by molar-refractivity contribution is -0.140. The Balaban J connectivity index is 1.45. The normalized spacial score (nSPS) is 34.8. The van der Waals surface area contributed by atoms with Crippen LogP contribution in [0.2, 0.25) is 0 Å². The molecule has 2 saturated carbocycles. The number of esters is 1. The maximum absolute atomic E-state index is 12.5. The highest BCUT2D eigenvalue weighted by Gasteiger charge is 2.64. The van der Waals surface area contributed by atoms with Gasteiger partial charge < -0.3 is 9.47 Å². The number of hydrogen-bond acceptors (Lipinski definition) is 3. The van der Waals surface area contributed by atoms with Crippen LogP contribution < -0.4 is 4.74 Å². The second-order valence-corrected chi connectivity index (χ2v) is 7.07. The molecule has 1 heterocycles. The summed E-state index contributed by atoms with van der Waals surface area (Å²) >= 11 is 0. The van der Waals surface area contributed by atoms with E-state index in [2.05, 4.69) is 19.9 Å². The maximum Gasteiger partial charge on any atom is 0.314 e. The lowest BCUT2D eigenvalue weighted by Gasteiger charge is -2.18. The van der Waals surface area contributed by atoms with Crippen LogP contribution in [0.1, 0.15) is 51.0 Å². The van der Waals surface area contributed by atoms with Crippen molar-refractivity contribution in [3.63, 3.8) is 0 Å². The smallest absolute Gasteiger partial charge is 0.314 e. The lowest BCUT2D eigenvalue weighted by Crippen LogP contribution is -2.29. The molecule has 3 nitrogen and oxygen atoms in total. The second-order valence-electron chi connectivity index (χ2n) is 7.07. The average molecular weight is 300 g/mol. The zero-order valence-corrected chi connectivity index (χ0v) is 13.3. The summed E-state index contributed by atoms with van der Waals surface area (Å²) < 4.78 is 11.3. The van der Waals surface area contributed by atoms with Crippen molar-refractivity contribution in [3.8, 4) is 5.75 Å². The van der Waals surface area contributed by atoms with E-state index in [1.54, 1.807) is 0 Å². The summed E-state index contributed by atoms with van der Waals surface area (Å²) in [4.78, 5) is 12.5. The first-order valence-corrected chi connectivity index (χ1v) is 8.68. The van der Waals surface area contributed by atoms with E-state index >= 15 is 0 Å². The Kier molecular flexibility index (Phi) is 3.48. The van der Waals surface area contributed by atoms with Gasteiger partial charge >= 0.3 is 5.97 Å². The summed E-state index contributed by atoms with van der Waals surface area (Å²) in [5.41, 5.74) is 1.27. The van der Waals surface area contributed by atoms with Crippen molar-refractivity contribution >= 4 is 5.97 Å². The molecule has 22 heavy (non-hydrogen) atoms. The zero-order chi connectivity index (χ0) is 15.3. The predicted molar refractivity (Wildman–Crippen MR) is 83.8 cm³/mol. The number of carbonyl (C=O) groups excluding carboxylic acids is 1. The number of epoxide rings is 1. The summed E-state index contributed by atoms with van der Waals surface area (Å²) in [7, 11) is 0. The van der Waals surface area contributed by atoms with Gasteiger partial charge in [-0.1, -0.05) is 26.0 Å². The van der Waals surface area contributed by atoms with Crippen LogP contribution in [0, 0.1) is 17.8 Å². The molecule has 3 aliphatic rings. The van der Waals surface area contributed by atoms with Gasteiger partial charge in [0.2, 0.25) is 0 Å². The number of fused-ring (bicyclic) bond motifs is 5. The van der Waals surface area contributed by atoms with Gasteiger partial charge in [-0.3, -0.25) is 4.79 Å². The van der Waals surface area contributed by atoms with Crippen LogP contribution in [0.3, 0.4) is 0 Å². The fourth-order valence-electron chi connectivity index (χ4n) is 4.66. The Morgan fingerprint density at radius 3 is 2.77 bits per heavy atom. The molecule has 2 bridgehead atoms. The fourth-order valence-corrected chi connectivity index (χ4v) is 4.66. The fraction of sp³-hybridized carbons (Fsp3) is 0.632. The third kappa shape index (κ3) is 2.26. The monoisotopic (exact) mass is 300 g/mol. The van der Waals surface area contributed by atoms with E-state index in [9.17, 15) is 4.79 Å². The van der Waals surface area contributed by atoms with Gasteiger partial charge in [-0.15, -0.1) is 0 Å². The van der Waals surface area contributed by atoms with Gasteiger partial charge in [0.25, 0.3) is 0 Å². The van der Waals surface area contributed by atoms with Crippen molar-refractivity contribution in [2.45, 2.75) is 57.7 Å². The van der Waals surface area contributed by atoms with Crippen molar-refractivity contribution < 1.29 is 14.3 Å². The zero-order valence-electron chi connectivity index (χ0n) is 13.3. The maximum atomic E-state index is 12.5. The highest BCUT2D eigenvalue weighted by Crippen LogP contribution is 2.59. The van der Waals surface area contributed by atoms with Gasteiger partial charge in [-0.25, -0.2) is 0 Å². The summed E-state index contributed by atoms with van der Waals surface area (Å²) in [6.45, 7) is 4.41. The highest BCUT2D eigenvalue weighted by atomic mass is 16.6. The van der Waals surface area contributed by atoms with Crippen LogP contribution in [0.5, 0.6) is 5.75 Å². The van der Waals surface area contributed by atoms with Crippen molar-refractivity contribution in [3.05, 3.63) is 29.8 Å². The molecule has 1 saturated heterocycles. The third-order valence-electron chi connectivity index (χ3n) is 5.93. The number of ether oxygens (including phenoxy) is 2. The Labute approximate surface area is 132 Å². The molecule has 4 rings (SSSR count). The van der Waals surface area contributed by atoms with E-state index in [1.165, 1.54) is 5.56 Å². The molecule has 2 aliphatic carbocycles. The van der Waals surface area contributed by atoms with Crippen molar-refractivity contribution in [2.75, 3.05) is 0 Å². The van der Waals surface area contributed by atoms with Crippen LogP contribution in [0.4, 0.5) is 0 Å². The molecule has 1 aromatic carbocycles. The predicted octanol–water partition coefficient (Wildman–Crippen LogP) is 3.92. The molecule has 1 aliphatic heterocycles. The second kappa shape index (κ2) is 5.38. The molecule has 5 atom stereocenters. The molecule has 0 spiro atoms. The SMILES string of the molecule is CCC(CC)c1cccc(OC(=O)C2CC3CC2C2OC32)c1. The summed E-state index contributed by atoms with van der Waals surface area (Å²) in [5, 5.41) is 0. The topological polar surface area (TPSA) is 38.8 Å². The van der Waals surface area contributed by atoms with Crippen LogP contribution in [0.15, 0.2) is 24.3 Å². The lowest BCUT2D eigenvalue weighted by atomic mass is 9.89. The summed E-state index contributed by atoms with van der Waals surface area (Å²) in [5.74, 6) is 2.24. The molecule has 0 N–H and O–H groups in total. The van der Waals surface area contributed by atoms with Crippen LogP contribution in [-0.2, 0) is 9.53 Å². The Bertz CT molecular complexity index is 578. The first-order valence-electron chi connectivity index (χ1n) is 8.68. The van der Waals surface area contributed by atoms with Crippen LogP contribution in [0.25, 0.3) is 0 Å². The van der Waals surface area contributed by atoms with Crippen molar-refractivity contribution in [1.82, 2.24) is 0 Å². The Hall–Kier alpha value is -1.35. The molecule has 1 aromatic rings. The highest BCUT2D eigenvalue weighted by molar-refractivity contribution is 5.76. The Morgan fingerprint density at radius 1 is 1.27 bits per heavy atom. The van der Waals surface area contributed by atoms with E-state index in [4.69, 9.17) is 9.47 Å². The third-order valence-corrected chi connectivity index (χ3v) is 5.93. The molecule has 3 fully saturated rings. The minimum atomic E-state index is -0.0526. The van der Waals surface area contributed by atoms with Crippen molar-refractivity contribution in [2.24, 2.45) is 17.8 Å². The molecular formula is C19H24O3. The number of carbonyl (C=O) groups is 1. The van der Waals surface area contributed by atoms with Gasteiger partial charge in [0.1, 0.15) is 5.75 Å². The summed E-state index contributed by atoms with van der Waals surface area (Å²) in [6.07, 6.45) is 5.15.